The van der Waals surface area contributed by atoms with Crippen LogP contribution in [-0.4, -0.2) is 0 Å². The van der Waals surface area contributed by atoms with Crippen LogP contribution in [0.3, 0.4) is 0 Å². The van der Waals surface area contributed by atoms with E-state index in [4.69, 9.17) is 11.0 Å². The molecular formula is C9H9BrN2. The number of rotatable bonds is 2. The van der Waals surface area contributed by atoms with E-state index in [9.17, 15) is 0 Å². The van der Waals surface area contributed by atoms with Gasteiger partial charge in [0, 0.05) is 11.0 Å². The van der Waals surface area contributed by atoms with E-state index in [1.807, 2.05) is 18.2 Å². The van der Waals surface area contributed by atoms with Crippen LogP contribution in [0.1, 0.15) is 11.1 Å². The van der Waals surface area contributed by atoms with Gasteiger partial charge in [-0.2, -0.15) is 5.26 Å². The normalized spacial score (nSPS) is 9.42. The third kappa shape index (κ3) is 2.07. The highest BCUT2D eigenvalue weighted by Gasteiger charge is 1.98. The van der Waals surface area contributed by atoms with E-state index in [0.717, 1.165) is 15.6 Å². The van der Waals surface area contributed by atoms with Crippen molar-refractivity contribution in [3.05, 3.63) is 33.8 Å². The van der Waals surface area contributed by atoms with E-state index >= 15 is 0 Å². The van der Waals surface area contributed by atoms with Crippen LogP contribution in [0.2, 0.25) is 0 Å². The molecule has 12 heavy (non-hydrogen) atoms. The molecular weight excluding hydrogens is 216 g/mol. The Hall–Kier alpha value is -0.850. The highest BCUT2D eigenvalue weighted by molar-refractivity contribution is 9.10. The highest BCUT2D eigenvalue weighted by atomic mass is 79.9. The standard InChI is InChI=1S/C9H9BrN2/c10-9-2-1-7(3-4-11)5-8(9)6-12/h1-2,5H,3,6,12H2. The molecule has 0 heterocycles. The molecule has 0 atom stereocenters. The molecule has 0 spiro atoms. The molecule has 1 aromatic carbocycles. The fourth-order valence-corrected chi connectivity index (χ4v) is 1.39. The Balaban J connectivity index is 2.98. The van der Waals surface area contributed by atoms with Gasteiger partial charge in [-0.3, -0.25) is 0 Å². The Bertz CT molecular complexity index is 315. The monoisotopic (exact) mass is 224 g/mol. The second-order valence-electron chi connectivity index (χ2n) is 2.46. The molecule has 0 unspecified atom stereocenters. The van der Waals surface area contributed by atoms with E-state index in [1.165, 1.54) is 0 Å². The fourth-order valence-electron chi connectivity index (χ4n) is 0.986. The summed E-state index contributed by atoms with van der Waals surface area (Å²) < 4.78 is 1.01. The molecule has 0 aliphatic carbocycles. The first-order valence-electron chi connectivity index (χ1n) is 3.62. The zero-order valence-corrected chi connectivity index (χ0v) is 8.13. The molecule has 0 aliphatic rings. The van der Waals surface area contributed by atoms with Gasteiger partial charge >= 0.3 is 0 Å². The second-order valence-corrected chi connectivity index (χ2v) is 3.32. The fraction of sp³-hybridized carbons (Fsp3) is 0.222. The zero-order chi connectivity index (χ0) is 8.97. The Morgan fingerprint density at radius 3 is 2.83 bits per heavy atom. The quantitative estimate of drug-likeness (QED) is 0.836. The lowest BCUT2D eigenvalue weighted by Crippen LogP contribution is -1.98. The van der Waals surface area contributed by atoms with Gasteiger partial charge < -0.3 is 5.73 Å². The minimum absolute atomic E-state index is 0.445. The summed E-state index contributed by atoms with van der Waals surface area (Å²) in [7, 11) is 0. The SMILES string of the molecule is N#CCc1ccc(Br)c(CN)c1. The molecule has 3 heteroatoms. The summed E-state index contributed by atoms with van der Waals surface area (Å²) in [5.41, 5.74) is 7.56. The number of nitrogens with two attached hydrogens (primary N) is 1. The second kappa shape index (κ2) is 4.24. The van der Waals surface area contributed by atoms with Crippen molar-refractivity contribution in [3.63, 3.8) is 0 Å². The molecule has 1 rings (SSSR count). The van der Waals surface area contributed by atoms with Crippen LogP contribution in [-0.2, 0) is 13.0 Å². The molecule has 1 aromatic rings. The maximum Gasteiger partial charge on any atom is 0.0669 e. The third-order valence-corrected chi connectivity index (χ3v) is 2.39. The summed E-state index contributed by atoms with van der Waals surface area (Å²) in [5.74, 6) is 0. The van der Waals surface area contributed by atoms with Crippen LogP contribution >= 0.6 is 15.9 Å². The molecule has 0 aliphatic heterocycles. The lowest BCUT2D eigenvalue weighted by atomic mass is 10.1. The van der Waals surface area contributed by atoms with Gasteiger partial charge in [0.25, 0.3) is 0 Å². The van der Waals surface area contributed by atoms with Gasteiger partial charge in [-0.1, -0.05) is 28.1 Å². The lowest BCUT2D eigenvalue weighted by Gasteiger charge is -2.02. The Kier molecular flexibility index (Phi) is 3.27. The maximum atomic E-state index is 8.46. The van der Waals surface area contributed by atoms with Gasteiger partial charge in [0.1, 0.15) is 0 Å². The Morgan fingerprint density at radius 1 is 1.50 bits per heavy atom. The predicted molar refractivity (Wildman–Crippen MR) is 51.4 cm³/mol. The van der Waals surface area contributed by atoms with Gasteiger partial charge in [-0.25, -0.2) is 0 Å². The molecule has 2 nitrogen and oxygen atoms in total. The van der Waals surface area contributed by atoms with Crippen molar-refractivity contribution in [3.8, 4) is 6.07 Å². The van der Waals surface area contributed by atoms with E-state index in [0.29, 0.717) is 13.0 Å². The molecule has 0 radical (unpaired) electrons. The van der Waals surface area contributed by atoms with Crippen LogP contribution in [0.15, 0.2) is 22.7 Å². The summed E-state index contributed by atoms with van der Waals surface area (Å²) in [4.78, 5) is 0. The molecule has 0 aromatic heterocycles. The molecule has 62 valence electrons. The number of nitrogens with zero attached hydrogens (tertiary/aromatic N) is 1. The van der Waals surface area contributed by atoms with Gasteiger partial charge in [0.2, 0.25) is 0 Å². The van der Waals surface area contributed by atoms with E-state index < -0.39 is 0 Å². The maximum absolute atomic E-state index is 8.46. The van der Waals surface area contributed by atoms with Crippen molar-refractivity contribution in [2.45, 2.75) is 13.0 Å². The third-order valence-electron chi connectivity index (χ3n) is 1.61. The number of nitriles is 1. The van der Waals surface area contributed by atoms with Crippen molar-refractivity contribution in [2.24, 2.45) is 5.73 Å². The zero-order valence-electron chi connectivity index (χ0n) is 6.55. The number of benzene rings is 1. The van der Waals surface area contributed by atoms with Gasteiger partial charge in [0.05, 0.1) is 12.5 Å². The molecule has 0 saturated carbocycles. The average molecular weight is 225 g/mol. The first-order valence-corrected chi connectivity index (χ1v) is 4.41. The minimum atomic E-state index is 0.445. The Labute approximate surface area is 80.1 Å². The summed E-state index contributed by atoms with van der Waals surface area (Å²) in [6.07, 6.45) is 0.445. The Morgan fingerprint density at radius 2 is 2.25 bits per heavy atom. The number of hydrogen-bond donors (Lipinski definition) is 1. The van der Waals surface area contributed by atoms with Crippen molar-refractivity contribution in [1.29, 1.82) is 5.26 Å². The summed E-state index contributed by atoms with van der Waals surface area (Å²) in [5, 5.41) is 8.46. The topological polar surface area (TPSA) is 49.8 Å². The van der Waals surface area contributed by atoms with Crippen LogP contribution < -0.4 is 5.73 Å². The lowest BCUT2D eigenvalue weighted by molar-refractivity contribution is 1.05. The smallest absolute Gasteiger partial charge is 0.0669 e. The van der Waals surface area contributed by atoms with Crippen LogP contribution in [0.4, 0.5) is 0 Å². The highest BCUT2D eigenvalue weighted by Crippen LogP contribution is 2.17. The van der Waals surface area contributed by atoms with E-state index in [1.54, 1.807) is 0 Å². The molecule has 0 amide bonds. The van der Waals surface area contributed by atoms with E-state index in [-0.39, 0.29) is 0 Å². The van der Waals surface area contributed by atoms with Crippen LogP contribution in [0.25, 0.3) is 0 Å². The van der Waals surface area contributed by atoms with Gasteiger partial charge in [-0.15, -0.1) is 0 Å². The van der Waals surface area contributed by atoms with E-state index in [2.05, 4.69) is 22.0 Å². The predicted octanol–water partition coefficient (Wildman–Crippen LogP) is 1.97. The van der Waals surface area contributed by atoms with Crippen molar-refractivity contribution >= 4 is 15.9 Å². The van der Waals surface area contributed by atoms with Gasteiger partial charge in [0.15, 0.2) is 0 Å². The van der Waals surface area contributed by atoms with Crippen molar-refractivity contribution in [2.75, 3.05) is 0 Å². The van der Waals surface area contributed by atoms with Crippen LogP contribution in [0, 0.1) is 11.3 Å². The molecule has 0 bridgehead atoms. The first kappa shape index (κ1) is 9.24. The molecule has 0 fully saturated rings. The van der Waals surface area contributed by atoms with Crippen molar-refractivity contribution in [1.82, 2.24) is 0 Å². The van der Waals surface area contributed by atoms with Crippen LogP contribution in [0.5, 0.6) is 0 Å². The van der Waals surface area contributed by atoms with Gasteiger partial charge in [-0.05, 0) is 17.2 Å². The molecule has 2 N–H and O–H groups in total. The average Bonchev–Trinajstić information content (AvgIpc) is 2.09. The minimum Gasteiger partial charge on any atom is -0.326 e. The molecule has 0 saturated heterocycles. The number of hydrogen-bond acceptors (Lipinski definition) is 2. The largest absolute Gasteiger partial charge is 0.326 e. The summed E-state index contributed by atoms with van der Waals surface area (Å²) in [6, 6.07) is 7.90. The summed E-state index contributed by atoms with van der Waals surface area (Å²) >= 11 is 3.38. The number of halogens is 1. The van der Waals surface area contributed by atoms with Crippen molar-refractivity contribution < 1.29 is 0 Å². The summed E-state index contributed by atoms with van der Waals surface area (Å²) in [6.45, 7) is 0.500. The first-order chi connectivity index (χ1) is 5.77.